The van der Waals surface area contributed by atoms with E-state index in [1.54, 1.807) is 0 Å². The third-order valence-electron chi connectivity index (χ3n) is 3.07. The summed E-state index contributed by atoms with van der Waals surface area (Å²) in [5, 5.41) is 18.0. The molecule has 1 aliphatic rings. The number of carbonyl (C=O) groups excluding carboxylic acids is 2. The number of nitrogens with zero attached hydrogens (tertiary/aromatic N) is 1. The molecule has 0 spiro atoms. The third-order valence-corrected chi connectivity index (χ3v) is 3.07. The van der Waals surface area contributed by atoms with Crippen LogP contribution in [0.2, 0.25) is 0 Å². The van der Waals surface area contributed by atoms with Gasteiger partial charge in [0.1, 0.15) is 11.8 Å². The second-order valence-electron chi connectivity index (χ2n) is 4.37. The Balaban J connectivity index is 1.97. The zero-order chi connectivity index (χ0) is 14.7. The molecule has 7 nitrogen and oxygen atoms in total. The summed E-state index contributed by atoms with van der Waals surface area (Å²) >= 11 is 0. The number of carbonyl (C=O) groups is 3. The lowest BCUT2D eigenvalue weighted by molar-refractivity contribution is -0.139. The van der Waals surface area contributed by atoms with Crippen LogP contribution in [0.1, 0.15) is 23.2 Å². The van der Waals surface area contributed by atoms with Gasteiger partial charge in [0.15, 0.2) is 12.5 Å². The molecule has 20 heavy (non-hydrogen) atoms. The Bertz CT molecular complexity index is 538. The topological polar surface area (TPSA) is 104 Å². The number of hydrogen-bond donors (Lipinski definition) is 2. The maximum atomic E-state index is 11.9. The van der Waals surface area contributed by atoms with Gasteiger partial charge in [-0.25, -0.2) is 9.59 Å². The molecule has 1 saturated heterocycles. The molecule has 0 bridgehead atoms. The van der Waals surface area contributed by atoms with E-state index in [4.69, 9.17) is 10.2 Å². The van der Waals surface area contributed by atoms with E-state index < -0.39 is 18.1 Å². The number of esters is 1. The SMILES string of the molecule is O=C(CC[C@H]1C(=O)OCN1C(=O)O)c1ccc(O)cc1. The van der Waals surface area contributed by atoms with Crippen molar-refractivity contribution in [3.05, 3.63) is 29.8 Å². The Hall–Kier alpha value is -2.57. The van der Waals surface area contributed by atoms with Crippen LogP contribution < -0.4 is 0 Å². The maximum absolute atomic E-state index is 11.9. The number of benzene rings is 1. The maximum Gasteiger partial charge on any atom is 0.410 e. The molecule has 2 N–H and O–H groups in total. The Kier molecular flexibility index (Phi) is 3.88. The number of ether oxygens (including phenoxy) is 1. The Morgan fingerprint density at radius 2 is 1.95 bits per heavy atom. The molecule has 0 radical (unpaired) electrons. The van der Waals surface area contributed by atoms with Gasteiger partial charge in [-0.15, -0.1) is 0 Å². The minimum atomic E-state index is -1.25. The van der Waals surface area contributed by atoms with E-state index in [2.05, 4.69) is 4.74 Å². The van der Waals surface area contributed by atoms with Crippen LogP contribution in [-0.4, -0.2) is 45.7 Å². The van der Waals surface area contributed by atoms with E-state index >= 15 is 0 Å². The van der Waals surface area contributed by atoms with Gasteiger partial charge in [-0.05, 0) is 30.7 Å². The highest BCUT2D eigenvalue weighted by Crippen LogP contribution is 2.18. The molecule has 1 atom stereocenters. The van der Waals surface area contributed by atoms with Gasteiger partial charge in [-0.2, -0.15) is 0 Å². The standard InChI is InChI=1S/C13H13NO6/c15-9-3-1-8(2-4-9)11(16)6-5-10-12(17)20-7-14(10)13(18)19/h1-4,10,15H,5-7H2,(H,18,19)/t10-/m0/s1. The third kappa shape index (κ3) is 2.87. The van der Waals surface area contributed by atoms with Gasteiger partial charge in [-0.1, -0.05) is 0 Å². The molecule has 1 aromatic rings. The highest BCUT2D eigenvalue weighted by Gasteiger charge is 2.37. The average Bonchev–Trinajstić information content (AvgIpc) is 2.78. The van der Waals surface area contributed by atoms with Crippen LogP contribution >= 0.6 is 0 Å². The van der Waals surface area contributed by atoms with Gasteiger partial charge in [0.25, 0.3) is 0 Å². The zero-order valence-corrected chi connectivity index (χ0v) is 10.5. The number of phenolic OH excluding ortho intramolecular Hbond substituents is 1. The molecule has 1 fully saturated rings. The Morgan fingerprint density at radius 3 is 2.55 bits per heavy atom. The first kappa shape index (κ1) is 13.9. The molecular weight excluding hydrogens is 266 g/mol. The quantitative estimate of drug-likeness (QED) is 0.634. The molecule has 2 rings (SSSR count). The van der Waals surface area contributed by atoms with Crippen LogP contribution in [0.25, 0.3) is 0 Å². The predicted molar refractivity (Wildman–Crippen MR) is 66.3 cm³/mol. The Labute approximate surface area is 114 Å². The summed E-state index contributed by atoms with van der Waals surface area (Å²) < 4.78 is 4.65. The van der Waals surface area contributed by atoms with E-state index in [1.807, 2.05) is 0 Å². The zero-order valence-electron chi connectivity index (χ0n) is 10.5. The first-order valence-electron chi connectivity index (χ1n) is 5.97. The number of Topliss-reactive ketones (excluding diaryl/α,β-unsaturated/α-hetero) is 1. The largest absolute Gasteiger partial charge is 0.508 e. The molecule has 106 valence electrons. The van der Waals surface area contributed by atoms with Crippen molar-refractivity contribution in [1.29, 1.82) is 0 Å². The van der Waals surface area contributed by atoms with Gasteiger partial charge in [0, 0.05) is 12.0 Å². The second-order valence-corrected chi connectivity index (χ2v) is 4.37. The molecule has 7 heteroatoms. The average molecular weight is 279 g/mol. The smallest absolute Gasteiger partial charge is 0.410 e. The van der Waals surface area contributed by atoms with Crippen molar-refractivity contribution >= 4 is 17.8 Å². The lowest BCUT2D eigenvalue weighted by Crippen LogP contribution is -2.37. The summed E-state index contributed by atoms with van der Waals surface area (Å²) in [4.78, 5) is 35.1. The van der Waals surface area contributed by atoms with Crippen LogP contribution in [0.3, 0.4) is 0 Å². The van der Waals surface area contributed by atoms with E-state index in [9.17, 15) is 14.4 Å². The van der Waals surface area contributed by atoms with E-state index in [0.29, 0.717) is 5.56 Å². The van der Waals surface area contributed by atoms with Crippen molar-refractivity contribution in [2.75, 3.05) is 6.73 Å². The van der Waals surface area contributed by atoms with Gasteiger partial charge in [-0.3, -0.25) is 9.69 Å². The lowest BCUT2D eigenvalue weighted by Gasteiger charge is -2.15. The van der Waals surface area contributed by atoms with Crippen molar-refractivity contribution in [1.82, 2.24) is 4.90 Å². The van der Waals surface area contributed by atoms with Crippen LogP contribution in [0.15, 0.2) is 24.3 Å². The van der Waals surface area contributed by atoms with Crippen molar-refractivity contribution in [2.45, 2.75) is 18.9 Å². The molecule has 1 aromatic carbocycles. The number of cyclic esters (lactones) is 1. The van der Waals surface area contributed by atoms with E-state index in [-0.39, 0.29) is 31.1 Å². The first-order chi connectivity index (χ1) is 9.49. The summed E-state index contributed by atoms with van der Waals surface area (Å²) in [6.07, 6.45) is -1.16. The van der Waals surface area contributed by atoms with E-state index in [0.717, 1.165) is 4.90 Å². The minimum absolute atomic E-state index is 0.0221. The molecule has 0 unspecified atom stereocenters. The summed E-state index contributed by atoms with van der Waals surface area (Å²) in [5.74, 6) is -0.807. The van der Waals surface area contributed by atoms with Gasteiger partial charge < -0.3 is 14.9 Å². The van der Waals surface area contributed by atoms with Gasteiger partial charge in [0.2, 0.25) is 0 Å². The number of rotatable bonds is 4. The molecule has 1 heterocycles. The molecule has 1 aliphatic heterocycles. The number of aromatic hydroxyl groups is 1. The minimum Gasteiger partial charge on any atom is -0.508 e. The summed E-state index contributed by atoms with van der Waals surface area (Å²) in [6, 6.07) is 4.79. The van der Waals surface area contributed by atoms with Crippen LogP contribution in [0.5, 0.6) is 5.75 Å². The number of amides is 1. The molecule has 1 amide bonds. The number of carboxylic acid groups (broad SMARTS) is 1. The normalized spacial score (nSPS) is 17.9. The molecule has 0 saturated carbocycles. The van der Waals surface area contributed by atoms with Gasteiger partial charge in [0.05, 0.1) is 0 Å². The summed E-state index contributed by atoms with van der Waals surface area (Å²) in [7, 11) is 0. The van der Waals surface area contributed by atoms with Gasteiger partial charge >= 0.3 is 12.1 Å². The summed E-state index contributed by atoms with van der Waals surface area (Å²) in [5.41, 5.74) is 0.399. The Morgan fingerprint density at radius 1 is 1.30 bits per heavy atom. The van der Waals surface area contributed by atoms with Crippen LogP contribution in [-0.2, 0) is 9.53 Å². The number of hydrogen-bond acceptors (Lipinski definition) is 5. The van der Waals surface area contributed by atoms with E-state index in [1.165, 1.54) is 24.3 Å². The highest BCUT2D eigenvalue weighted by atomic mass is 16.6. The summed E-state index contributed by atoms with van der Waals surface area (Å²) in [6.45, 7) is -0.299. The monoisotopic (exact) mass is 279 g/mol. The molecule has 0 aromatic heterocycles. The number of phenols is 1. The fourth-order valence-electron chi connectivity index (χ4n) is 1.97. The van der Waals surface area contributed by atoms with Crippen molar-refractivity contribution in [2.24, 2.45) is 0 Å². The molecule has 0 aliphatic carbocycles. The van der Waals surface area contributed by atoms with Crippen LogP contribution in [0.4, 0.5) is 4.79 Å². The van der Waals surface area contributed by atoms with Crippen molar-refractivity contribution in [3.63, 3.8) is 0 Å². The second kappa shape index (κ2) is 5.60. The fourth-order valence-corrected chi connectivity index (χ4v) is 1.97. The first-order valence-corrected chi connectivity index (χ1v) is 5.97. The van der Waals surface area contributed by atoms with Crippen molar-refractivity contribution in [3.8, 4) is 5.75 Å². The molecular formula is C13H13NO6. The van der Waals surface area contributed by atoms with Crippen molar-refractivity contribution < 1.29 is 29.3 Å². The van der Waals surface area contributed by atoms with Crippen LogP contribution in [0, 0.1) is 0 Å². The fraction of sp³-hybridized carbons (Fsp3) is 0.308. The lowest BCUT2D eigenvalue weighted by atomic mass is 10.0. The number of ketones is 1. The predicted octanol–water partition coefficient (Wildman–Crippen LogP) is 1.22. The highest BCUT2D eigenvalue weighted by molar-refractivity contribution is 5.96.